The molecule has 0 spiro atoms. The molecule has 0 saturated carbocycles. The maximum Gasteiger partial charge on any atom is 0.255 e. The van der Waals surface area contributed by atoms with E-state index in [0.29, 0.717) is 16.9 Å². The van der Waals surface area contributed by atoms with E-state index in [4.69, 9.17) is 0 Å². The second kappa shape index (κ2) is 6.54. The third-order valence-electron chi connectivity index (χ3n) is 2.77. The molecule has 0 aromatic heterocycles. The van der Waals surface area contributed by atoms with Crippen molar-refractivity contribution in [2.75, 3.05) is 10.6 Å². The zero-order chi connectivity index (χ0) is 15.4. The zero-order valence-corrected chi connectivity index (χ0v) is 13.3. The van der Waals surface area contributed by atoms with Crippen molar-refractivity contribution in [1.82, 2.24) is 0 Å². The summed E-state index contributed by atoms with van der Waals surface area (Å²) in [6.45, 7) is 3.38. The van der Waals surface area contributed by atoms with Crippen LogP contribution in [-0.2, 0) is 4.79 Å². The van der Waals surface area contributed by atoms with Crippen LogP contribution in [-0.4, -0.2) is 11.8 Å². The monoisotopic (exact) mass is 346 g/mol. The molecular formula is C16H15BrN2O2. The molecule has 2 N–H and O–H groups in total. The van der Waals surface area contributed by atoms with E-state index in [2.05, 4.69) is 26.6 Å². The van der Waals surface area contributed by atoms with E-state index >= 15 is 0 Å². The standard InChI is InChI=1S/C16H15BrN2O2/c1-10-7-12(9-13(17)8-10)16(21)19-15-5-3-14(4-6-15)18-11(2)20/h3-9H,1-2H3,(H,18,20)(H,19,21). The number of nitrogens with one attached hydrogen (secondary N) is 2. The van der Waals surface area contributed by atoms with Crippen LogP contribution in [0.3, 0.4) is 0 Å². The molecule has 0 aliphatic rings. The predicted octanol–water partition coefficient (Wildman–Crippen LogP) is 3.97. The van der Waals surface area contributed by atoms with E-state index in [1.807, 2.05) is 19.1 Å². The van der Waals surface area contributed by atoms with Gasteiger partial charge in [-0.05, 0) is 55.0 Å². The molecule has 0 aliphatic carbocycles. The summed E-state index contributed by atoms with van der Waals surface area (Å²) in [7, 11) is 0. The van der Waals surface area contributed by atoms with E-state index in [0.717, 1.165) is 10.0 Å². The summed E-state index contributed by atoms with van der Waals surface area (Å²) in [6, 6.07) is 12.5. The Bertz CT molecular complexity index is 661. The highest BCUT2D eigenvalue weighted by molar-refractivity contribution is 9.10. The number of amides is 2. The molecular weight excluding hydrogens is 332 g/mol. The number of carbonyl (C=O) groups is 2. The average Bonchev–Trinajstić information content (AvgIpc) is 2.39. The van der Waals surface area contributed by atoms with Gasteiger partial charge in [0.1, 0.15) is 0 Å². The number of halogens is 1. The van der Waals surface area contributed by atoms with Crippen LogP contribution < -0.4 is 10.6 Å². The quantitative estimate of drug-likeness (QED) is 0.883. The Kier molecular flexibility index (Phi) is 4.75. The third kappa shape index (κ3) is 4.43. The normalized spacial score (nSPS) is 10.0. The SMILES string of the molecule is CC(=O)Nc1ccc(NC(=O)c2cc(C)cc(Br)c2)cc1. The lowest BCUT2D eigenvalue weighted by atomic mass is 10.1. The highest BCUT2D eigenvalue weighted by atomic mass is 79.9. The molecule has 0 atom stereocenters. The molecule has 4 nitrogen and oxygen atoms in total. The van der Waals surface area contributed by atoms with Crippen molar-refractivity contribution < 1.29 is 9.59 Å². The lowest BCUT2D eigenvalue weighted by Gasteiger charge is -2.08. The fraction of sp³-hybridized carbons (Fsp3) is 0.125. The minimum absolute atomic E-state index is 0.128. The molecule has 0 aliphatic heterocycles. The van der Waals surface area contributed by atoms with Gasteiger partial charge in [0.15, 0.2) is 0 Å². The van der Waals surface area contributed by atoms with Crippen molar-refractivity contribution in [3.8, 4) is 0 Å². The van der Waals surface area contributed by atoms with Crippen molar-refractivity contribution in [3.63, 3.8) is 0 Å². The number of benzene rings is 2. The first-order valence-electron chi connectivity index (χ1n) is 6.40. The highest BCUT2D eigenvalue weighted by Gasteiger charge is 2.07. The molecule has 0 heterocycles. The first-order valence-corrected chi connectivity index (χ1v) is 7.19. The largest absolute Gasteiger partial charge is 0.326 e. The van der Waals surface area contributed by atoms with Gasteiger partial charge < -0.3 is 10.6 Å². The minimum Gasteiger partial charge on any atom is -0.326 e. The maximum absolute atomic E-state index is 12.2. The van der Waals surface area contributed by atoms with Gasteiger partial charge in [-0.25, -0.2) is 0 Å². The molecule has 2 rings (SSSR count). The summed E-state index contributed by atoms with van der Waals surface area (Å²) in [4.78, 5) is 23.1. The van der Waals surface area contributed by atoms with Crippen molar-refractivity contribution in [1.29, 1.82) is 0 Å². The lowest BCUT2D eigenvalue weighted by molar-refractivity contribution is -0.114. The molecule has 0 unspecified atom stereocenters. The van der Waals surface area contributed by atoms with Gasteiger partial charge >= 0.3 is 0 Å². The maximum atomic E-state index is 12.2. The molecule has 0 fully saturated rings. The first-order chi connectivity index (χ1) is 9.94. The molecule has 0 radical (unpaired) electrons. The van der Waals surface area contributed by atoms with Crippen LogP contribution in [0.5, 0.6) is 0 Å². The van der Waals surface area contributed by atoms with Gasteiger partial charge in [0, 0.05) is 28.3 Å². The van der Waals surface area contributed by atoms with Crippen molar-refractivity contribution in [2.45, 2.75) is 13.8 Å². The first kappa shape index (κ1) is 15.3. The van der Waals surface area contributed by atoms with Crippen LogP contribution in [0.15, 0.2) is 46.9 Å². The van der Waals surface area contributed by atoms with Gasteiger partial charge in [0.2, 0.25) is 5.91 Å². The zero-order valence-electron chi connectivity index (χ0n) is 11.7. The molecule has 21 heavy (non-hydrogen) atoms. The van der Waals surface area contributed by atoms with Gasteiger partial charge in [0.05, 0.1) is 0 Å². The van der Waals surface area contributed by atoms with Crippen LogP contribution in [0, 0.1) is 6.92 Å². The van der Waals surface area contributed by atoms with Crippen LogP contribution in [0.25, 0.3) is 0 Å². The average molecular weight is 347 g/mol. The Balaban J connectivity index is 2.10. The fourth-order valence-corrected chi connectivity index (χ4v) is 2.52. The van der Waals surface area contributed by atoms with E-state index < -0.39 is 0 Å². The Morgan fingerprint density at radius 1 is 0.952 bits per heavy atom. The van der Waals surface area contributed by atoms with E-state index in [1.54, 1.807) is 30.3 Å². The summed E-state index contributed by atoms with van der Waals surface area (Å²) < 4.78 is 0.869. The van der Waals surface area contributed by atoms with Crippen LogP contribution in [0.4, 0.5) is 11.4 Å². The minimum atomic E-state index is -0.174. The molecule has 0 saturated heterocycles. The highest BCUT2D eigenvalue weighted by Crippen LogP contribution is 2.18. The number of rotatable bonds is 3. The molecule has 2 aromatic rings. The molecule has 2 aromatic carbocycles. The van der Waals surface area contributed by atoms with Gasteiger partial charge in [-0.15, -0.1) is 0 Å². The Morgan fingerprint density at radius 2 is 1.52 bits per heavy atom. The number of hydrogen-bond donors (Lipinski definition) is 2. The van der Waals surface area contributed by atoms with Gasteiger partial charge in [-0.2, -0.15) is 0 Å². The third-order valence-corrected chi connectivity index (χ3v) is 3.23. The van der Waals surface area contributed by atoms with Gasteiger partial charge in [0.25, 0.3) is 5.91 Å². The summed E-state index contributed by atoms with van der Waals surface area (Å²) in [5, 5.41) is 5.49. The Morgan fingerprint density at radius 3 is 2.05 bits per heavy atom. The Hall–Kier alpha value is -2.14. The van der Waals surface area contributed by atoms with E-state index in [-0.39, 0.29) is 11.8 Å². The second-order valence-corrected chi connectivity index (χ2v) is 5.65. The summed E-state index contributed by atoms with van der Waals surface area (Å²) in [6.07, 6.45) is 0. The van der Waals surface area contributed by atoms with Crippen LogP contribution >= 0.6 is 15.9 Å². The van der Waals surface area contributed by atoms with E-state index in [9.17, 15) is 9.59 Å². The molecule has 108 valence electrons. The van der Waals surface area contributed by atoms with Gasteiger partial charge in [-0.1, -0.05) is 15.9 Å². The van der Waals surface area contributed by atoms with Crippen molar-refractivity contribution in [3.05, 3.63) is 58.1 Å². The van der Waals surface area contributed by atoms with Crippen LogP contribution in [0.2, 0.25) is 0 Å². The number of anilines is 2. The smallest absolute Gasteiger partial charge is 0.255 e. The number of aryl methyl sites for hydroxylation is 1. The van der Waals surface area contributed by atoms with Crippen molar-refractivity contribution in [2.24, 2.45) is 0 Å². The molecule has 5 heteroatoms. The predicted molar refractivity (Wildman–Crippen MR) is 87.6 cm³/mol. The Labute approximate surface area is 131 Å². The topological polar surface area (TPSA) is 58.2 Å². The molecule has 0 bridgehead atoms. The van der Waals surface area contributed by atoms with E-state index in [1.165, 1.54) is 6.92 Å². The summed E-state index contributed by atoms with van der Waals surface area (Å²) in [5.74, 6) is -0.303. The summed E-state index contributed by atoms with van der Waals surface area (Å²) in [5.41, 5.74) is 2.97. The lowest BCUT2D eigenvalue weighted by Crippen LogP contribution is -2.12. The van der Waals surface area contributed by atoms with Crippen LogP contribution in [0.1, 0.15) is 22.8 Å². The van der Waals surface area contributed by atoms with Crippen molar-refractivity contribution >= 4 is 39.1 Å². The second-order valence-electron chi connectivity index (χ2n) is 4.73. The number of hydrogen-bond acceptors (Lipinski definition) is 2. The fourth-order valence-electron chi connectivity index (χ4n) is 1.91. The summed E-state index contributed by atoms with van der Waals surface area (Å²) >= 11 is 3.38. The number of carbonyl (C=O) groups excluding carboxylic acids is 2. The van der Waals surface area contributed by atoms with Gasteiger partial charge in [-0.3, -0.25) is 9.59 Å². The molecule has 2 amide bonds.